The molecule has 2 heterocycles. The lowest BCUT2D eigenvalue weighted by molar-refractivity contribution is 0.660. The zero-order chi connectivity index (χ0) is 31.3. The Labute approximate surface area is 270 Å². The van der Waals surface area contributed by atoms with Crippen molar-refractivity contribution < 1.29 is 0 Å². The second-order valence-corrected chi connectivity index (χ2v) is 12.5. The van der Waals surface area contributed by atoms with Crippen molar-refractivity contribution in [2.45, 2.75) is 26.2 Å². The fourth-order valence-electron chi connectivity index (χ4n) is 6.87. The summed E-state index contributed by atoms with van der Waals surface area (Å²) in [6.45, 7) is 6.69. The monoisotopic (exact) mass is 591 g/mol. The average molecular weight is 592 g/mol. The molecule has 0 amide bonds. The molecule has 0 bridgehead atoms. The van der Waals surface area contributed by atoms with Crippen LogP contribution in [0.15, 0.2) is 146 Å². The quantitative estimate of drug-likeness (QED) is 0.200. The van der Waals surface area contributed by atoms with E-state index in [0.717, 1.165) is 62.0 Å². The van der Waals surface area contributed by atoms with Gasteiger partial charge in [-0.25, -0.2) is 9.97 Å². The van der Waals surface area contributed by atoms with Crippen LogP contribution in [0.4, 0.5) is 0 Å². The molecule has 0 N–H and O–H groups in total. The van der Waals surface area contributed by atoms with Gasteiger partial charge in [0.2, 0.25) is 0 Å². The van der Waals surface area contributed by atoms with E-state index in [0.29, 0.717) is 0 Å². The largest absolute Gasteiger partial charge is 0.252 e. The molecule has 0 fully saturated rings. The van der Waals surface area contributed by atoms with Gasteiger partial charge < -0.3 is 0 Å². The summed E-state index contributed by atoms with van der Waals surface area (Å²) >= 11 is 0. The van der Waals surface area contributed by atoms with Crippen LogP contribution in [0, 0.1) is 6.92 Å². The standard InChI is InChI=1S/C43H33N3/c1-28-33(25-26-38(44-28)30-13-6-4-7-14-30)29-21-23-32(24-22-29)40-27-39(31-15-8-5-9-16-31)45-42(46-40)35-18-12-20-37-41(35)34-17-10-11-19-36(34)43(37,2)3/h4-27H,1-3H3. The van der Waals surface area contributed by atoms with Gasteiger partial charge in [0.25, 0.3) is 0 Å². The fourth-order valence-corrected chi connectivity index (χ4v) is 6.87. The number of aromatic nitrogens is 3. The predicted molar refractivity (Wildman–Crippen MR) is 189 cm³/mol. The molecule has 0 radical (unpaired) electrons. The molecule has 3 heteroatoms. The second kappa shape index (κ2) is 11.0. The summed E-state index contributed by atoms with van der Waals surface area (Å²) in [5.41, 5.74) is 15.4. The van der Waals surface area contributed by atoms with Gasteiger partial charge in [-0.1, -0.05) is 147 Å². The average Bonchev–Trinajstić information content (AvgIpc) is 3.35. The van der Waals surface area contributed by atoms with Crippen LogP contribution in [0.5, 0.6) is 0 Å². The number of nitrogens with zero attached hydrogens (tertiary/aromatic N) is 3. The molecule has 8 rings (SSSR count). The number of fused-ring (bicyclic) bond motifs is 3. The van der Waals surface area contributed by atoms with E-state index in [-0.39, 0.29) is 5.41 Å². The highest BCUT2D eigenvalue weighted by Gasteiger charge is 2.37. The van der Waals surface area contributed by atoms with E-state index in [4.69, 9.17) is 15.0 Å². The molecular formula is C43H33N3. The van der Waals surface area contributed by atoms with Crippen LogP contribution >= 0.6 is 0 Å². The van der Waals surface area contributed by atoms with E-state index < -0.39 is 0 Å². The lowest BCUT2D eigenvalue weighted by Crippen LogP contribution is -2.14. The van der Waals surface area contributed by atoms with Crippen LogP contribution < -0.4 is 0 Å². The van der Waals surface area contributed by atoms with Crippen molar-refractivity contribution in [3.05, 3.63) is 162 Å². The lowest BCUT2D eigenvalue weighted by Gasteiger charge is -2.21. The lowest BCUT2D eigenvalue weighted by atomic mass is 9.82. The Bertz CT molecular complexity index is 2220. The molecule has 220 valence electrons. The molecule has 0 unspecified atom stereocenters. The van der Waals surface area contributed by atoms with Gasteiger partial charge in [0.05, 0.1) is 17.1 Å². The molecule has 0 saturated heterocycles. The number of aryl methyl sites for hydroxylation is 1. The predicted octanol–water partition coefficient (Wildman–Crippen LogP) is 10.8. The summed E-state index contributed by atoms with van der Waals surface area (Å²) in [7, 11) is 0. The van der Waals surface area contributed by atoms with Gasteiger partial charge in [0.15, 0.2) is 5.82 Å². The van der Waals surface area contributed by atoms with Gasteiger partial charge in [0, 0.05) is 38.9 Å². The zero-order valence-electron chi connectivity index (χ0n) is 26.2. The second-order valence-electron chi connectivity index (χ2n) is 12.5. The Morgan fingerprint density at radius 2 is 0.957 bits per heavy atom. The number of hydrogen-bond donors (Lipinski definition) is 0. The van der Waals surface area contributed by atoms with Crippen LogP contribution in [-0.4, -0.2) is 15.0 Å². The van der Waals surface area contributed by atoms with E-state index in [1.165, 1.54) is 22.3 Å². The summed E-state index contributed by atoms with van der Waals surface area (Å²) in [5, 5.41) is 0. The smallest absolute Gasteiger partial charge is 0.161 e. The minimum atomic E-state index is -0.0933. The molecule has 1 aliphatic rings. The minimum Gasteiger partial charge on any atom is -0.252 e. The van der Waals surface area contributed by atoms with Crippen molar-refractivity contribution in [1.29, 1.82) is 0 Å². The van der Waals surface area contributed by atoms with Crippen molar-refractivity contribution in [1.82, 2.24) is 15.0 Å². The van der Waals surface area contributed by atoms with Gasteiger partial charge in [-0.15, -0.1) is 0 Å². The van der Waals surface area contributed by atoms with E-state index in [1.54, 1.807) is 0 Å². The number of benzene rings is 5. The third-order valence-electron chi connectivity index (χ3n) is 9.29. The Morgan fingerprint density at radius 1 is 0.413 bits per heavy atom. The molecule has 0 atom stereocenters. The maximum Gasteiger partial charge on any atom is 0.161 e. The SMILES string of the molecule is Cc1nc(-c2ccccc2)ccc1-c1ccc(-c2cc(-c3ccccc3)nc(-c3cccc4c3-c3ccccc3C4(C)C)n2)cc1. The molecule has 0 spiro atoms. The van der Waals surface area contributed by atoms with Crippen molar-refractivity contribution >= 4 is 0 Å². The minimum absolute atomic E-state index is 0.0933. The first-order chi connectivity index (χ1) is 22.5. The van der Waals surface area contributed by atoms with Gasteiger partial charge >= 0.3 is 0 Å². The van der Waals surface area contributed by atoms with E-state index in [2.05, 4.69) is 142 Å². The maximum absolute atomic E-state index is 5.24. The molecule has 3 nitrogen and oxygen atoms in total. The Hall–Kier alpha value is -5.67. The Kier molecular flexibility index (Phi) is 6.69. The maximum atomic E-state index is 5.24. The highest BCUT2D eigenvalue weighted by molar-refractivity contribution is 5.91. The molecule has 46 heavy (non-hydrogen) atoms. The zero-order valence-corrected chi connectivity index (χ0v) is 26.2. The number of hydrogen-bond acceptors (Lipinski definition) is 3. The molecule has 1 aliphatic carbocycles. The van der Waals surface area contributed by atoms with E-state index in [1.807, 2.05) is 24.3 Å². The van der Waals surface area contributed by atoms with Gasteiger partial charge in [-0.3, -0.25) is 4.98 Å². The Balaban J connectivity index is 1.23. The molecule has 5 aromatic carbocycles. The summed E-state index contributed by atoms with van der Waals surface area (Å²) in [6, 6.07) is 51.1. The van der Waals surface area contributed by atoms with Crippen LogP contribution in [0.2, 0.25) is 0 Å². The van der Waals surface area contributed by atoms with E-state index in [9.17, 15) is 0 Å². The summed E-state index contributed by atoms with van der Waals surface area (Å²) < 4.78 is 0. The van der Waals surface area contributed by atoms with Crippen molar-refractivity contribution in [3.63, 3.8) is 0 Å². The summed E-state index contributed by atoms with van der Waals surface area (Å²) in [5.74, 6) is 0.737. The first-order valence-electron chi connectivity index (χ1n) is 15.8. The van der Waals surface area contributed by atoms with Gasteiger partial charge in [0.1, 0.15) is 0 Å². The first-order valence-corrected chi connectivity index (χ1v) is 15.8. The van der Waals surface area contributed by atoms with Crippen molar-refractivity contribution in [2.75, 3.05) is 0 Å². The van der Waals surface area contributed by atoms with Crippen molar-refractivity contribution in [3.8, 4) is 67.4 Å². The molecule has 0 saturated carbocycles. The van der Waals surface area contributed by atoms with Crippen LogP contribution in [-0.2, 0) is 5.41 Å². The summed E-state index contributed by atoms with van der Waals surface area (Å²) in [4.78, 5) is 15.4. The molecule has 7 aromatic rings. The highest BCUT2D eigenvalue weighted by atomic mass is 14.9. The molecule has 0 aliphatic heterocycles. The fraction of sp³-hybridized carbons (Fsp3) is 0.0930. The number of rotatable bonds is 5. The third kappa shape index (κ3) is 4.72. The van der Waals surface area contributed by atoms with Crippen molar-refractivity contribution in [2.24, 2.45) is 0 Å². The number of pyridine rings is 1. The first kappa shape index (κ1) is 27.8. The van der Waals surface area contributed by atoms with Crippen LogP contribution in [0.25, 0.3) is 67.4 Å². The van der Waals surface area contributed by atoms with Crippen LogP contribution in [0.1, 0.15) is 30.7 Å². The molecule has 2 aromatic heterocycles. The molecular weight excluding hydrogens is 558 g/mol. The highest BCUT2D eigenvalue weighted by Crippen LogP contribution is 2.51. The van der Waals surface area contributed by atoms with E-state index >= 15 is 0 Å². The Morgan fingerprint density at radius 3 is 1.63 bits per heavy atom. The summed E-state index contributed by atoms with van der Waals surface area (Å²) in [6.07, 6.45) is 0. The van der Waals surface area contributed by atoms with Crippen LogP contribution in [0.3, 0.4) is 0 Å². The third-order valence-corrected chi connectivity index (χ3v) is 9.29. The van der Waals surface area contributed by atoms with Gasteiger partial charge in [-0.2, -0.15) is 0 Å². The topological polar surface area (TPSA) is 38.7 Å². The normalized spacial score (nSPS) is 12.8. The van der Waals surface area contributed by atoms with Gasteiger partial charge in [-0.05, 0) is 46.9 Å².